The van der Waals surface area contributed by atoms with E-state index >= 15 is 0 Å². The van der Waals surface area contributed by atoms with E-state index in [1.165, 1.54) is 15.5 Å². The van der Waals surface area contributed by atoms with Crippen LogP contribution < -0.4 is 15.6 Å². The second-order valence-corrected chi connectivity index (χ2v) is 18.0. The number of hydrogen-bond donors (Lipinski definition) is 4. The molecule has 8 rings (SSSR count). The number of aryl methyl sites for hydroxylation is 1. The fraction of sp³-hybridized carbons (Fsp3) is 0.296. The summed E-state index contributed by atoms with van der Waals surface area (Å²) in [7, 11) is 1.57. The molecular formula is C54H55N7O11. The fourth-order valence-corrected chi connectivity index (χ4v) is 9.06. The number of esters is 1. The van der Waals surface area contributed by atoms with Crippen LogP contribution in [-0.4, -0.2) is 88.9 Å². The summed E-state index contributed by atoms with van der Waals surface area (Å²) in [5.74, 6) is -0.691. The number of hydrogen-bond acceptors (Lipinski definition) is 14. The Morgan fingerprint density at radius 1 is 0.903 bits per heavy atom. The van der Waals surface area contributed by atoms with Crippen molar-refractivity contribution in [2.45, 2.75) is 85.5 Å². The molecule has 4 N–H and O–H groups in total. The van der Waals surface area contributed by atoms with Gasteiger partial charge in [0.2, 0.25) is 5.82 Å². The van der Waals surface area contributed by atoms with Crippen LogP contribution in [0.3, 0.4) is 0 Å². The average Bonchev–Trinajstić information content (AvgIpc) is 3.97. The molecule has 4 aromatic carbocycles. The van der Waals surface area contributed by atoms with Crippen molar-refractivity contribution in [3.63, 3.8) is 0 Å². The maximum atomic E-state index is 14.3. The Morgan fingerprint density at radius 3 is 2.26 bits per heavy atom. The summed E-state index contributed by atoms with van der Waals surface area (Å²) < 4.78 is 20.5. The summed E-state index contributed by atoms with van der Waals surface area (Å²) >= 11 is 0. The smallest absolute Gasteiger partial charge is 0.308 e. The Balaban J connectivity index is 0.949. The van der Waals surface area contributed by atoms with Crippen LogP contribution in [0.1, 0.15) is 109 Å². The quantitative estimate of drug-likeness (QED) is 0.0471. The van der Waals surface area contributed by atoms with Crippen LogP contribution in [0.2, 0.25) is 0 Å². The maximum absolute atomic E-state index is 14.3. The van der Waals surface area contributed by atoms with E-state index in [1.54, 1.807) is 104 Å². The summed E-state index contributed by atoms with van der Waals surface area (Å²) in [6.07, 6.45) is 0.711. The van der Waals surface area contributed by atoms with Gasteiger partial charge in [0.15, 0.2) is 5.82 Å². The van der Waals surface area contributed by atoms with Gasteiger partial charge < -0.3 is 44.3 Å². The topological polar surface area (TPSA) is 238 Å². The van der Waals surface area contributed by atoms with Gasteiger partial charge in [-0.1, -0.05) is 27.7 Å². The lowest BCUT2D eigenvalue weighted by atomic mass is 9.88. The number of aromatic hydroxyl groups is 3. The van der Waals surface area contributed by atoms with Crippen LogP contribution in [0.15, 0.2) is 89.7 Å². The second kappa shape index (κ2) is 20.4. The number of ether oxygens (including phenoxy) is 3. The van der Waals surface area contributed by atoms with Crippen LogP contribution in [0, 0.1) is 0 Å². The predicted molar refractivity (Wildman–Crippen MR) is 266 cm³/mol. The summed E-state index contributed by atoms with van der Waals surface area (Å²) in [4.78, 5) is 72.3. The number of rotatable bonds is 18. The van der Waals surface area contributed by atoms with Crippen molar-refractivity contribution < 1.29 is 48.7 Å². The number of amides is 2. The van der Waals surface area contributed by atoms with E-state index < -0.39 is 23.0 Å². The summed E-state index contributed by atoms with van der Waals surface area (Å²) in [6.45, 7) is 11.6. The molecular weight excluding hydrogens is 923 g/mol. The normalized spacial score (nSPS) is 12.5. The molecule has 0 radical (unpaired) electrons. The van der Waals surface area contributed by atoms with E-state index in [1.807, 2.05) is 27.7 Å². The Kier molecular flexibility index (Phi) is 14.2. The van der Waals surface area contributed by atoms with Gasteiger partial charge in [-0.15, -0.1) is 10.2 Å². The van der Waals surface area contributed by atoms with E-state index in [-0.39, 0.29) is 90.9 Å². The molecule has 0 spiro atoms. The maximum Gasteiger partial charge on any atom is 0.308 e. The summed E-state index contributed by atoms with van der Waals surface area (Å²) in [5.41, 5.74) is 4.05. The van der Waals surface area contributed by atoms with Gasteiger partial charge in [-0.05, 0) is 123 Å². The zero-order chi connectivity index (χ0) is 51.6. The molecule has 0 bridgehead atoms. The van der Waals surface area contributed by atoms with E-state index in [2.05, 4.69) is 15.5 Å². The van der Waals surface area contributed by atoms with Gasteiger partial charge in [0, 0.05) is 54.0 Å². The largest absolute Gasteiger partial charge is 0.508 e. The van der Waals surface area contributed by atoms with E-state index in [0.29, 0.717) is 63.7 Å². The number of nitrogens with zero attached hydrogens (tertiary/aromatic N) is 6. The van der Waals surface area contributed by atoms with Gasteiger partial charge in [-0.2, -0.15) is 0 Å². The van der Waals surface area contributed by atoms with Gasteiger partial charge >= 0.3 is 5.97 Å². The Labute approximate surface area is 414 Å². The molecule has 7 aromatic rings. The number of nitrogens with one attached hydrogen (secondary N) is 1. The van der Waals surface area contributed by atoms with Crippen molar-refractivity contribution in [2.24, 2.45) is 0 Å². The number of benzene rings is 4. The zero-order valence-corrected chi connectivity index (χ0v) is 41.0. The van der Waals surface area contributed by atoms with E-state index in [9.17, 15) is 39.3 Å². The molecule has 1 aliphatic rings. The van der Waals surface area contributed by atoms with Crippen LogP contribution in [0.5, 0.6) is 28.7 Å². The average molecular weight is 978 g/mol. The van der Waals surface area contributed by atoms with Crippen LogP contribution in [0.25, 0.3) is 39.4 Å². The highest BCUT2D eigenvalue weighted by Gasteiger charge is 2.37. The number of carbonyl (C=O) groups is 4. The fourth-order valence-electron chi connectivity index (χ4n) is 9.06. The van der Waals surface area contributed by atoms with Crippen LogP contribution >= 0.6 is 0 Å². The number of phenols is 3. The van der Waals surface area contributed by atoms with E-state index in [4.69, 9.17) is 19.2 Å². The number of pyridine rings is 2. The highest BCUT2D eigenvalue weighted by Crippen LogP contribution is 2.41. The standard InChI is InChI=1S/C54H55N7O11/c1-8-36-38-23-33(63)15-20-43(38)56-48-40(36)27-60-44(48)25-42(41(53(60)69)28-70-29-62)54(6,9-2)72-47(66)21-22-59(7)52(68)31-11-16-34(17-12-31)71-35-18-13-32(14-19-35)61-49(57-58-50(61)51(67)55-10-3)39-24-37(30(4)5)45(64)26-46(39)65/h11-20,23-26,29-30,63-65H,8-10,21-22,27-28H2,1-7H3,(H,55,67). The molecule has 18 heteroatoms. The van der Waals surface area contributed by atoms with Gasteiger partial charge in [0.05, 0.1) is 41.0 Å². The van der Waals surface area contributed by atoms with Gasteiger partial charge in [0.1, 0.15) is 41.0 Å². The Hall–Kier alpha value is -8.54. The molecule has 0 fully saturated rings. The van der Waals surface area contributed by atoms with Crippen LogP contribution in [0.4, 0.5) is 0 Å². The van der Waals surface area contributed by atoms with Crippen molar-refractivity contribution in [2.75, 3.05) is 20.1 Å². The van der Waals surface area contributed by atoms with Crippen molar-refractivity contribution in [1.82, 2.24) is 34.5 Å². The summed E-state index contributed by atoms with van der Waals surface area (Å²) in [5, 5.41) is 43.5. The Morgan fingerprint density at radius 2 is 1.61 bits per heavy atom. The third kappa shape index (κ3) is 9.54. The molecule has 0 saturated carbocycles. The van der Waals surface area contributed by atoms with Gasteiger partial charge in [-0.3, -0.25) is 28.5 Å². The molecule has 0 aliphatic carbocycles. The minimum Gasteiger partial charge on any atom is -0.508 e. The molecule has 1 unspecified atom stereocenters. The lowest BCUT2D eigenvalue weighted by Gasteiger charge is -2.31. The predicted octanol–water partition coefficient (Wildman–Crippen LogP) is 8.02. The molecule has 0 saturated heterocycles. The molecule has 1 atom stereocenters. The summed E-state index contributed by atoms with van der Waals surface area (Å²) in [6, 6.07) is 22.8. The highest BCUT2D eigenvalue weighted by atomic mass is 16.6. The number of fused-ring (bicyclic) bond motifs is 4. The van der Waals surface area contributed by atoms with Crippen LogP contribution in [-0.2, 0) is 44.2 Å². The molecule has 72 heavy (non-hydrogen) atoms. The number of aromatic nitrogens is 5. The first-order chi connectivity index (χ1) is 34.5. The van der Waals surface area contributed by atoms with Gasteiger partial charge in [-0.25, -0.2) is 4.98 Å². The molecule has 2 amide bonds. The monoisotopic (exact) mass is 977 g/mol. The van der Waals surface area contributed by atoms with Crippen molar-refractivity contribution in [3.8, 4) is 57.2 Å². The first-order valence-electron chi connectivity index (χ1n) is 23.6. The highest BCUT2D eigenvalue weighted by molar-refractivity contribution is 5.94. The van der Waals surface area contributed by atoms with Crippen molar-refractivity contribution in [1.29, 1.82) is 0 Å². The molecule has 3 aromatic heterocycles. The zero-order valence-electron chi connectivity index (χ0n) is 41.0. The second-order valence-electron chi connectivity index (χ2n) is 18.0. The van der Waals surface area contributed by atoms with Gasteiger partial charge in [0.25, 0.3) is 23.8 Å². The van der Waals surface area contributed by atoms with E-state index in [0.717, 1.165) is 16.5 Å². The lowest BCUT2D eigenvalue weighted by Crippen LogP contribution is -2.36. The first-order valence-corrected chi connectivity index (χ1v) is 23.6. The third-order valence-electron chi connectivity index (χ3n) is 13.0. The molecule has 372 valence electrons. The first kappa shape index (κ1) is 49.9. The van der Waals surface area contributed by atoms with Crippen molar-refractivity contribution >= 4 is 35.2 Å². The molecule has 1 aliphatic heterocycles. The SMILES string of the molecule is CCNC(=O)c1nnc(-c2cc(C(C)C)c(O)cc2O)n1-c1ccc(Oc2ccc(C(=O)N(C)CCC(=O)OC(C)(CC)c3cc4n(c(=O)c3COC=O)Cc3c-4nc4ccc(O)cc4c3CC)cc2)cc1. The lowest BCUT2D eigenvalue weighted by molar-refractivity contribution is -0.160. The Bertz CT molecular complexity index is 3310. The third-order valence-corrected chi connectivity index (χ3v) is 13.0. The minimum atomic E-state index is -1.34. The number of carbonyl (C=O) groups excluding carboxylic acids is 4. The van der Waals surface area contributed by atoms with Crippen molar-refractivity contribution in [3.05, 3.63) is 134 Å². The molecule has 4 heterocycles. The number of phenolic OH excluding ortho intramolecular Hbond substituents is 3. The minimum absolute atomic E-state index is 0.0109. The molecule has 18 nitrogen and oxygen atoms in total.